The molecule has 0 aromatic carbocycles. The van der Waals surface area contributed by atoms with Gasteiger partial charge in [-0.1, -0.05) is 6.42 Å². The molecule has 1 unspecified atom stereocenters. The van der Waals surface area contributed by atoms with Crippen LogP contribution in [0.25, 0.3) is 0 Å². The fourth-order valence-electron chi connectivity index (χ4n) is 1.96. The van der Waals surface area contributed by atoms with Gasteiger partial charge < -0.3 is 4.98 Å². The molecule has 0 aliphatic carbocycles. The summed E-state index contributed by atoms with van der Waals surface area (Å²) >= 11 is 5.81. The Morgan fingerprint density at radius 1 is 1.56 bits per heavy atom. The lowest BCUT2D eigenvalue weighted by Gasteiger charge is -2.32. The van der Waals surface area contributed by atoms with Crippen LogP contribution in [0, 0.1) is 0 Å². The van der Waals surface area contributed by atoms with Crippen molar-refractivity contribution in [3.05, 3.63) is 12.5 Å². The predicted octanol–water partition coefficient (Wildman–Crippen LogP) is 1.19. The molecule has 7 heteroatoms. The second-order valence-electron chi connectivity index (χ2n) is 3.84. The first-order chi connectivity index (χ1) is 7.66. The van der Waals surface area contributed by atoms with Crippen molar-refractivity contribution in [1.82, 2.24) is 14.3 Å². The Labute approximate surface area is 99.9 Å². The molecule has 16 heavy (non-hydrogen) atoms. The topological polar surface area (TPSA) is 66.1 Å². The molecular formula is C9H14ClN3O2S. The number of aromatic nitrogens is 2. The normalized spacial score (nSPS) is 23.4. The second kappa shape index (κ2) is 4.73. The zero-order valence-corrected chi connectivity index (χ0v) is 10.3. The Morgan fingerprint density at radius 2 is 2.38 bits per heavy atom. The molecule has 2 rings (SSSR count). The van der Waals surface area contributed by atoms with Gasteiger partial charge in [-0.05, 0) is 12.8 Å². The van der Waals surface area contributed by atoms with E-state index < -0.39 is 10.0 Å². The molecule has 1 aromatic rings. The van der Waals surface area contributed by atoms with Crippen LogP contribution < -0.4 is 0 Å². The molecule has 1 atom stereocenters. The third kappa shape index (κ3) is 2.09. The van der Waals surface area contributed by atoms with Gasteiger partial charge in [-0.15, -0.1) is 11.6 Å². The third-order valence-electron chi connectivity index (χ3n) is 2.81. The van der Waals surface area contributed by atoms with Crippen molar-refractivity contribution >= 4 is 21.6 Å². The van der Waals surface area contributed by atoms with Crippen molar-refractivity contribution in [2.75, 3.05) is 12.4 Å². The van der Waals surface area contributed by atoms with E-state index in [9.17, 15) is 8.42 Å². The van der Waals surface area contributed by atoms with Gasteiger partial charge >= 0.3 is 0 Å². The van der Waals surface area contributed by atoms with Gasteiger partial charge in [0, 0.05) is 18.5 Å². The lowest BCUT2D eigenvalue weighted by atomic mass is 10.1. The van der Waals surface area contributed by atoms with Gasteiger partial charge in [0.25, 0.3) is 10.0 Å². The number of nitrogens with one attached hydrogen (secondary N) is 1. The van der Waals surface area contributed by atoms with Crippen LogP contribution in [0.2, 0.25) is 0 Å². The Kier molecular flexibility index (Phi) is 3.51. The smallest absolute Gasteiger partial charge is 0.260 e. The minimum absolute atomic E-state index is 0.0938. The highest BCUT2D eigenvalue weighted by Gasteiger charge is 2.33. The molecule has 2 heterocycles. The second-order valence-corrected chi connectivity index (χ2v) is 6.00. The van der Waals surface area contributed by atoms with Crippen LogP contribution in [0.3, 0.4) is 0 Å². The number of halogens is 1. The molecule has 0 bridgehead atoms. The molecule has 1 N–H and O–H groups in total. The number of aromatic amines is 1. The van der Waals surface area contributed by atoms with Crippen LogP contribution in [-0.2, 0) is 10.0 Å². The summed E-state index contributed by atoms with van der Waals surface area (Å²) in [6.45, 7) is 0.540. The molecule has 0 saturated carbocycles. The molecule has 0 amide bonds. The van der Waals surface area contributed by atoms with Crippen LogP contribution in [0.5, 0.6) is 0 Å². The summed E-state index contributed by atoms with van der Waals surface area (Å²) < 4.78 is 25.9. The van der Waals surface area contributed by atoms with Crippen LogP contribution in [-0.4, -0.2) is 41.2 Å². The van der Waals surface area contributed by atoms with Crippen molar-refractivity contribution in [2.24, 2.45) is 0 Å². The van der Waals surface area contributed by atoms with Crippen LogP contribution in [0.4, 0.5) is 0 Å². The van der Waals surface area contributed by atoms with E-state index in [4.69, 9.17) is 11.6 Å². The van der Waals surface area contributed by atoms with Gasteiger partial charge in [0.1, 0.15) is 0 Å². The van der Waals surface area contributed by atoms with Crippen molar-refractivity contribution in [3.8, 4) is 0 Å². The number of rotatable bonds is 3. The molecular weight excluding hydrogens is 250 g/mol. The zero-order valence-electron chi connectivity index (χ0n) is 8.76. The highest BCUT2D eigenvalue weighted by molar-refractivity contribution is 7.89. The average molecular weight is 264 g/mol. The first-order valence-corrected chi connectivity index (χ1v) is 7.20. The maximum Gasteiger partial charge on any atom is 0.260 e. The largest absolute Gasteiger partial charge is 0.335 e. The maximum absolute atomic E-state index is 12.2. The third-order valence-corrected chi connectivity index (χ3v) is 5.04. The Morgan fingerprint density at radius 3 is 3.00 bits per heavy atom. The van der Waals surface area contributed by atoms with E-state index in [1.807, 2.05) is 0 Å². The van der Waals surface area contributed by atoms with Gasteiger partial charge in [-0.3, -0.25) is 0 Å². The van der Waals surface area contributed by atoms with E-state index in [0.29, 0.717) is 12.4 Å². The molecule has 0 radical (unpaired) electrons. The van der Waals surface area contributed by atoms with Crippen molar-refractivity contribution in [2.45, 2.75) is 30.3 Å². The average Bonchev–Trinajstić information content (AvgIpc) is 2.83. The number of hydrogen-bond donors (Lipinski definition) is 1. The standard InChI is InChI=1S/C9H14ClN3O2S/c10-5-8-3-1-2-4-13(8)16(14,15)9-6-11-7-12-9/h6-8H,1-5H2,(H,11,12). The fourth-order valence-corrected chi connectivity index (χ4v) is 3.95. The minimum atomic E-state index is -3.45. The highest BCUT2D eigenvalue weighted by Crippen LogP contribution is 2.24. The Hall–Kier alpha value is -0.590. The number of alkyl halides is 1. The Balaban J connectivity index is 2.28. The highest BCUT2D eigenvalue weighted by atomic mass is 35.5. The Bertz CT molecular complexity index is 432. The molecule has 0 spiro atoms. The monoisotopic (exact) mass is 263 g/mol. The first-order valence-electron chi connectivity index (χ1n) is 5.22. The summed E-state index contributed by atoms with van der Waals surface area (Å²) in [7, 11) is -3.45. The van der Waals surface area contributed by atoms with Crippen molar-refractivity contribution in [1.29, 1.82) is 0 Å². The molecule has 5 nitrogen and oxygen atoms in total. The van der Waals surface area contributed by atoms with Gasteiger partial charge in [0.2, 0.25) is 0 Å². The van der Waals surface area contributed by atoms with Crippen LogP contribution in [0.15, 0.2) is 17.6 Å². The minimum Gasteiger partial charge on any atom is -0.335 e. The van der Waals surface area contributed by atoms with E-state index in [-0.39, 0.29) is 11.1 Å². The summed E-state index contributed by atoms with van der Waals surface area (Å²) in [4.78, 5) is 6.38. The zero-order chi connectivity index (χ0) is 11.6. The number of imidazole rings is 1. The van der Waals surface area contributed by atoms with Crippen LogP contribution >= 0.6 is 11.6 Å². The summed E-state index contributed by atoms with van der Waals surface area (Å²) in [5, 5.41) is 0.143. The lowest BCUT2D eigenvalue weighted by Crippen LogP contribution is -2.44. The number of nitrogens with zero attached hydrogens (tertiary/aromatic N) is 2. The van der Waals surface area contributed by atoms with E-state index in [2.05, 4.69) is 9.97 Å². The van der Waals surface area contributed by atoms with E-state index in [1.54, 1.807) is 0 Å². The molecule has 1 saturated heterocycles. The van der Waals surface area contributed by atoms with Gasteiger partial charge in [-0.2, -0.15) is 4.31 Å². The molecule has 90 valence electrons. The SMILES string of the molecule is O=S(=O)(c1cnc[nH]1)N1CCCCC1CCl. The summed E-state index contributed by atoms with van der Waals surface area (Å²) in [5.74, 6) is 0.341. The van der Waals surface area contributed by atoms with E-state index in [0.717, 1.165) is 19.3 Å². The first kappa shape index (κ1) is 11.9. The summed E-state index contributed by atoms with van der Waals surface area (Å²) in [5.41, 5.74) is 0. The molecule has 1 aliphatic heterocycles. The molecule has 1 aliphatic rings. The number of H-pyrrole nitrogens is 1. The number of hydrogen-bond acceptors (Lipinski definition) is 3. The maximum atomic E-state index is 12.2. The van der Waals surface area contributed by atoms with Crippen LogP contribution in [0.1, 0.15) is 19.3 Å². The quantitative estimate of drug-likeness (QED) is 0.833. The van der Waals surface area contributed by atoms with Gasteiger partial charge in [0.05, 0.1) is 12.5 Å². The van der Waals surface area contributed by atoms with Crippen molar-refractivity contribution < 1.29 is 8.42 Å². The number of piperidine rings is 1. The molecule has 1 fully saturated rings. The van der Waals surface area contributed by atoms with Gasteiger partial charge in [0.15, 0.2) is 5.03 Å². The van der Waals surface area contributed by atoms with Crippen molar-refractivity contribution in [3.63, 3.8) is 0 Å². The fraction of sp³-hybridized carbons (Fsp3) is 0.667. The summed E-state index contributed by atoms with van der Waals surface area (Å²) in [6, 6.07) is -0.0938. The van der Waals surface area contributed by atoms with Gasteiger partial charge in [-0.25, -0.2) is 13.4 Å². The van der Waals surface area contributed by atoms with E-state index in [1.165, 1.54) is 16.8 Å². The summed E-state index contributed by atoms with van der Waals surface area (Å²) in [6.07, 6.45) is 5.45. The predicted molar refractivity (Wildman–Crippen MR) is 60.8 cm³/mol. The lowest BCUT2D eigenvalue weighted by molar-refractivity contribution is 0.270. The number of sulfonamides is 1. The molecule has 1 aromatic heterocycles. The van der Waals surface area contributed by atoms with E-state index >= 15 is 0 Å².